The quantitative estimate of drug-likeness (QED) is 0.251. The number of rotatable bonds is 7. The number of aliphatic hydroxyl groups excluding tert-OH is 5. The van der Waals surface area contributed by atoms with Crippen molar-refractivity contribution in [2.45, 2.75) is 43.4 Å². The molecule has 0 saturated carbocycles. The standard InChI is InChI=1S/C12H19N3O9/c16-6(3-14-2-1-13-12(14)15(21)22)4-23-5-7-8(17)9(18)10(19)11(20)24-7/h1-2,6-11,16-20H,3-5H2/t6?,7-,8-,9+,10-,11+/m1/s1. The summed E-state index contributed by atoms with van der Waals surface area (Å²) in [7, 11) is 0. The number of imidazole rings is 1. The van der Waals surface area contributed by atoms with Gasteiger partial charge in [0.2, 0.25) is 0 Å². The van der Waals surface area contributed by atoms with Gasteiger partial charge in [-0.15, -0.1) is 0 Å². The van der Waals surface area contributed by atoms with Gasteiger partial charge in [0.15, 0.2) is 6.29 Å². The summed E-state index contributed by atoms with van der Waals surface area (Å²) in [6.45, 7) is -0.643. The Bertz CT molecular complexity index is 554. The normalized spacial score (nSPS) is 31.8. The van der Waals surface area contributed by atoms with E-state index in [1.54, 1.807) is 0 Å². The van der Waals surface area contributed by atoms with Crippen LogP contribution in [0.4, 0.5) is 5.95 Å². The van der Waals surface area contributed by atoms with Gasteiger partial charge < -0.3 is 45.1 Å². The third-order valence-electron chi connectivity index (χ3n) is 3.54. The van der Waals surface area contributed by atoms with Crippen LogP contribution in [0.2, 0.25) is 0 Å². The zero-order valence-electron chi connectivity index (χ0n) is 12.5. The van der Waals surface area contributed by atoms with Crippen LogP contribution in [0.3, 0.4) is 0 Å². The molecule has 12 heteroatoms. The Morgan fingerprint density at radius 3 is 2.71 bits per heavy atom. The zero-order valence-corrected chi connectivity index (χ0v) is 12.5. The highest BCUT2D eigenvalue weighted by molar-refractivity contribution is 5.06. The van der Waals surface area contributed by atoms with E-state index in [0.29, 0.717) is 0 Å². The van der Waals surface area contributed by atoms with Gasteiger partial charge in [0.1, 0.15) is 42.9 Å². The van der Waals surface area contributed by atoms with E-state index in [1.807, 2.05) is 0 Å². The van der Waals surface area contributed by atoms with Crippen molar-refractivity contribution in [1.29, 1.82) is 0 Å². The average Bonchev–Trinajstić information content (AvgIpc) is 2.98. The lowest BCUT2D eigenvalue weighted by molar-refractivity contribution is -0.397. The molecule has 6 atom stereocenters. The SMILES string of the molecule is O=[N+]([O-])c1nccn1CC(O)COC[C@H]1O[C@H](O)[C@H](O)[C@@H](O)[C@@H]1O. The number of nitro groups is 1. The number of hydrogen-bond acceptors (Lipinski definition) is 10. The van der Waals surface area contributed by atoms with Gasteiger partial charge in [-0.25, -0.2) is 4.57 Å². The molecule has 1 aromatic rings. The van der Waals surface area contributed by atoms with E-state index >= 15 is 0 Å². The molecule has 1 aromatic heterocycles. The fraction of sp³-hybridized carbons (Fsp3) is 0.750. The lowest BCUT2D eigenvalue weighted by Crippen LogP contribution is -2.58. The maximum atomic E-state index is 10.7. The van der Waals surface area contributed by atoms with E-state index in [9.17, 15) is 35.6 Å². The molecule has 0 aromatic carbocycles. The van der Waals surface area contributed by atoms with Crippen LogP contribution in [-0.2, 0) is 16.0 Å². The molecule has 0 spiro atoms. The van der Waals surface area contributed by atoms with Crippen molar-refractivity contribution in [2.24, 2.45) is 0 Å². The minimum Gasteiger partial charge on any atom is -0.390 e. The molecule has 0 bridgehead atoms. The topological polar surface area (TPSA) is 181 Å². The van der Waals surface area contributed by atoms with Crippen LogP contribution in [0.1, 0.15) is 0 Å². The first-order chi connectivity index (χ1) is 11.3. The molecule has 12 nitrogen and oxygen atoms in total. The predicted molar refractivity (Wildman–Crippen MR) is 74.6 cm³/mol. The first kappa shape index (κ1) is 18.7. The molecule has 2 heterocycles. The molecule has 0 aliphatic carbocycles. The second-order valence-electron chi connectivity index (χ2n) is 5.36. The molecule has 1 aliphatic rings. The molecule has 1 unspecified atom stereocenters. The van der Waals surface area contributed by atoms with E-state index in [-0.39, 0.29) is 19.8 Å². The number of aromatic nitrogens is 2. The van der Waals surface area contributed by atoms with Gasteiger partial charge >= 0.3 is 5.95 Å². The van der Waals surface area contributed by atoms with E-state index in [2.05, 4.69) is 4.98 Å². The molecule has 1 saturated heterocycles. The van der Waals surface area contributed by atoms with Gasteiger partial charge in [0.05, 0.1) is 19.8 Å². The lowest BCUT2D eigenvalue weighted by Gasteiger charge is -2.38. The predicted octanol–water partition coefficient (Wildman–Crippen LogP) is -3.03. The first-order valence-electron chi connectivity index (χ1n) is 7.10. The highest BCUT2D eigenvalue weighted by Gasteiger charge is 2.43. The van der Waals surface area contributed by atoms with Crippen molar-refractivity contribution < 1.29 is 39.9 Å². The Kier molecular flexibility index (Phi) is 6.17. The Morgan fingerprint density at radius 2 is 2.04 bits per heavy atom. The minimum absolute atomic E-state index is 0.131. The van der Waals surface area contributed by atoms with Crippen molar-refractivity contribution in [2.75, 3.05) is 13.2 Å². The zero-order chi connectivity index (χ0) is 17.9. The van der Waals surface area contributed by atoms with Crippen molar-refractivity contribution in [3.05, 3.63) is 22.5 Å². The number of hydrogen-bond donors (Lipinski definition) is 5. The summed E-state index contributed by atoms with van der Waals surface area (Å²) in [6.07, 6.45) is -6.02. The van der Waals surface area contributed by atoms with Crippen LogP contribution in [0.25, 0.3) is 0 Å². The summed E-state index contributed by atoms with van der Waals surface area (Å²) in [5, 5.41) is 58.5. The maximum absolute atomic E-state index is 10.7. The Hall–Kier alpha value is -1.67. The molecule has 24 heavy (non-hydrogen) atoms. The molecule has 0 amide bonds. The summed E-state index contributed by atoms with van der Waals surface area (Å²) in [5.74, 6) is -0.416. The molecule has 136 valence electrons. The largest absolute Gasteiger partial charge is 0.434 e. The maximum Gasteiger partial charge on any atom is 0.434 e. The lowest BCUT2D eigenvalue weighted by atomic mass is 9.99. The van der Waals surface area contributed by atoms with Gasteiger partial charge in [-0.3, -0.25) is 0 Å². The van der Waals surface area contributed by atoms with E-state index in [1.165, 1.54) is 12.4 Å². The Morgan fingerprint density at radius 1 is 1.33 bits per heavy atom. The number of aliphatic hydroxyl groups is 5. The van der Waals surface area contributed by atoms with Gasteiger partial charge in [0, 0.05) is 0 Å². The summed E-state index contributed by atoms with van der Waals surface area (Å²) in [5.41, 5.74) is 0. The Balaban J connectivity index is 1.79. The van der Waals surface area contributed by atoms with Gasteiger partial charge in [-0.2, -0.15) is 0 Å². The smallest absolute Gasteiger partial charge is 0.390 e. The molecular weight excluding hydrogens is 330 g/mol. The highest BCUT2D eigenvalue weighted by Crippen LogP contribution is 2.20. The highest BCUT2D eigenvalue weighted by atomic mass is 16.6. The van der Waals surface area contributed by atoms with Gasteiger partial charge in [-0.05, 0) is 4.92 Å². The van der Waals surface area contributed by atoms with Crippen LogP contribution >= 0.6 is 0 Å². The molecule has 0 radical (unpaired) electrons. The van der Waals surface area contributed by atoms with Crippen LogP contribution < -0.4 is 0 Å². The van der Waals surface area contributed by atoms with Gasteiger partial charge in [0.25, 0.3) is 0 Å². The minimum atomic E-state index is -1.67. The molecule has 2 rings (SSSR count). The second kappa shape index (κ2) is 7.94. The average molecular weight is 349 g/mol. The molecular formula is C12H19N3O9. The fourth-order valence-corrected chi connectivity index (χ4v) is 2.28. The van der Waals surface area contributed by atoms with E-state index < -0.39 is 47.7 Å². The van der Waals surface area contributed by atoms with Crippen LogP contribution in [0.5, 0.6) is 0 Å². The van der Waals surface area contributed by atoms with Crippen LogP contribution in [0, 0.1) is 10.1 Å². The number of ether oxygens (including phenoxy) is 2. The first-order valence-corrected chi connectivity index (χ1v) is 7.10. The van der Waals surface area contributed by atoms with Crippen LogP contribution in [0.15, 0.2) is 12.4 Å². The molecule has 5 N–H and O–H groups in total. The van der Waals surface area contributed by atoms with Crippen molar-refractivity contribution in [1.82, 2.24) is 9.55 Å². The summed E-state index contributed by atoms with van der Waals surface area (Å²) < 4.78 is 11.2. The molecule has 1 aliphatic heterocycles. The number of nitrogens with zero attached hydrogens (tertiary/aromatic N) is 3. The van der Waals surface area contributed by atoms with E-state index in [0.717, 1.165) is 4.57 Å². The molecule has 1 fully saturated rings. The summed E-state index contributed by atoms with van der Waals surface area (Å²) >= 11 is 0. The monoisotopic (exact) mass is 349 g/mol. The van der Waals surface area contributed by atoms with Crippen LogP contribution in [-0.4, -0.2) is 90.0 Å². The second-order valence-corrected chi connectivity index (χ2v) is 5.36. The van der Waals surface area contributed by atoms with E-state index in [4.69, 9.17) is 9.47 Å². The van der Waals surface area contributed by atoms with Crippen molar-refractivity contribution in [3.8, 4) is 0 Å². The summed E-state index contributed by atoms with van der Waals surface area (Å²) in [6, 6.07) is 0. The Labute approximate surface area is 135 Å². The summed E-state index contributed by atoms with van der Waals surface area (Å²) in [4.78, 5) is 13.6. The third kappa shape index (κ3) is 4.24. The van der Waals surface area contributed by atoms with Crippen molar-refractivity contribution >= 4 is 5.95 Å². The van der Waals surface area contributed by atoms with Gasteiger partial charge in [-0.1, -0.05) is 4.98 Å². The third-order valence-corrected chi connectivity index (χ3v) is 3.54. The van der Waals surface area contributed by atoms with Crippen molar-refractivity contribution in [3.63, 3.8) is 0 Å². The fourth-order valence-electron chi connectivity index (χ4n) is 2.28.